The van der Waals surface area contributed by atoms with Crippen molar-refractivity contribution >= 4 is 57.2 Å². The van der Waals surface area contributed by atoms with E-state index < -0.39 is 0 Å². The molecule has 0 bridgehead atoms. The molecule has 0 saturated carbocycles. The van der Waals surface area contributed by atoms with Gasteiger partial charge in [0.05, 0.1) is 5.69 Å². The quantitative estimate of drug-likeness (QED) is 0.163. The Labute approximate surface area is 458 Å². The summed E-state index contributed by atoms with van der Waals surface area (Å²) in [5.41, 5.74) is 25.7. The fourth-order valence-electron chi connectivity index (χ4n) is 15.5. The monoisotopic (exact) mass is 1010 g/mol. The third-order valence-electron chi connectivity index (χ3n) is 21.3. The van der Waals surface area contributed by atoms with Gasteiger partial charge in [-0.2, -0.15) is 0 Å². The molecule has 0 saturated heterocycles. The van der Waals surface area contributed by atoms with Crippen LogP contribution in [-0.2, 0) is 48.7 Å². The molecule has 0 radical (unpaired) electrons. The van der Waals surface area contributed by atoms with E-state index in [1.165, 1.54) is 101 Å². The maximum atomic E-state index is 17.1. The highest BCUT2D eigenvalue weighted by atomic mass is 19.1. The molecule has 0 unspecified atom stereocenters. The summed E-state index contributed by atoms with van der Waals surface area (Å²) < 4.78 is 17.1. The molecule has 2 aliphatic heterocycles. The van der Waals surface area contributed by atoms with E-state index in [2.05, 4.69) is 208 Å². The number of benzene rings is 6. The first-order valence-electron chi connectivity index (χ1n) is 29.4. The number of nitrogens with zero attached hydrogens (tertiary/aromatic N) is 2. The van der Waals surface area contributed by atoms with Gasteiger partial charge in [-0.15, -0.1) is 0 Å². The molecule has 2 heterocycles. The Morgan fingerprint density at radius 3 is 1.18 bits per heavy atom. The van der Waals surface area contributed by atoms with Crippen LogP contribution in [-0.4, -0.2) is 6.71 Å². The zero-order chi connectivity index (χ0) is 54.6. The lowest BCUT2D eigenvalue weighted by Crippen LogP contribution is -2.62. The van der Waals surface area contributed by atoms with Gasteiger partial charge in [-0.25, -0.2) is 4.39 Å². The maximum Gasteiger partial charge on any atom is 0.252 e. The zero-order valence-corrected chi connectivity index (χ0v) is 50.2. The van der Waals surface area contributed by atoms with E-state index in [4.69, 9.17) is 0 Å². The molecule has 0 N–H and O–H groups in total. The summed E-state index contributed by atoms with van der Waals surface area (Å²) in [5, 5.41) is 0. The average molecular weight is 1010 g/mol. The Bertz CT molecular complexity index is 3460. The standard InChI is InChI=1S/C72H88BFN2/c1-64(2,3)43-34-61-63-62(35-43)76(58-40-52-49(67(8,9)28-31-70(52,14)15)37-46(58)45-22-20-21-23-57(45)74)60-42-54-51(69(12,13)30-33-72(54,18)19)39-56(60)73(63)55-38-50-53(71(16,17)32-29-68(50,10)11)41-59(55)75(61)44-24-25-47-48(36-44)66(6,7)27-26-65(47,4)5/h20-25,34-42H,26-33H2,1-19H3. The largest absolute Gasteiger partial charge is 0.311 e. The first-order valence-corrected chi connectivity index (χ1v) is 29.4. The zero-order valence-electron chi connectivity index (χ0n) is 50.2. The Balaban J connectivity index is 1.28. The predicted octanol–water partition coefficient (Wildman–Crippen LogP) is 18.3. The van der Waals surface area contributed by atoms with Crippen LogP contribution in [0.3, 0.4) is 0 Å². The molecule has 0 fully saturated rings. The molecule has 76 heavy (non-hydrogen) atoms. The molecule has 0 spiro atoms. The number of anilines is 6. The van der Waals surface area contributed by atoms with Crippen LogP contribution in [0, 0.1) is 5.82 Å². The van der Waals surface area contributed by atoms with Crippen LogP contribution in [0.1, 0.15) is 233 Å². The van der Waals surface area contributed by atoms with Crippen LogP contribution in [0.5, 0.6) is 0 Å². The summed E-state index contributed by atoms with van der Waals surface area (Å²) in [6.45, 7) is 46.6. The molecular formula is C72H88BFN2. The van der Waals surface area contributed by atoms with Gasteiger partial charge in [-0.1, -0.05) is 168 Å². The summed E-state index contributed by atoms with van der Waals surface area (Å²) in [7, 11) is 0. The first kappa shape index (κ1) is 51.7. The second kappa shape index (κ2) is 16.0. The van der Waals surface area contributed by atoms with E-state index in [-0.39, 0.29) is 61.3 Å². The van der Waals surface area contributed by atoms with Gasteiger partial charge in [-0.3, -0.25) is 0 Å². The fourth-order valence-corrected chi connectivity index (χ4v) is 15.5. The molecule has 6 aromatic rings. The van der Waals surface area contributed by atoms with E-state index >= 15 is 4.39 Å². The predicted molar refractivity (Wildman–Crippen MR) is 326 cm³/mol. The number of halogens is 1. The Morgan fingerprint density at radius 1 is 0.368 bits per heavy atom. The van der Waals surface area contributed by atoms with Crippen LogP contribution in [0.2, 0.25) is 0 Å². The normalized spacial score (nSPS) is 22.0. The van der Waals surface area contributed by atoms with Crippen molar-refractivity contribution in [1.82, 2.24) is 0 Å². The lowest BCUT2D eigenvalue weighted by molar-refractivity contribution is 0.332. The maximum absolute atomic E-state index is 17.1. The summed E-state index contributed by atoms with van der Waals surface area (Å²) in [6, 6.07) is 36.0. The van der Waals surface area contributed by atoms with Gasteiger partial charge in [-0.05, 0) is 221 Å². The van der Waals surface area contributed by atoms with Gasteiger partial charge in [0, 0.05) is 39.6 Å². The summed E-state index contributed by atoms with van der Waals surface area (Å²) in [4.78, 5) is 5.39. The van der Waals surface area contributed by atoms with Crippen molar-refractivity contribution in [2.24, 2.45) is 0 Å². The molecule has 12 rings (SSSR count). The summed E-state index contributed by atoms with van der Waals surface area (Å²) in [6.07, 6.45) is 9.07. The van der Waals surface area contributed by atoms with E-state index in [1.807, 2.05) is 18.2 Å². The van der Waals surface area contributed by atoms with Crippen LogP contribution in [0.15, 0.2) is 91.0 Å². The van der Waals surface area contributed by atoms with Crippen LogP contribution >= 0.6 is 0 Å². The van der Waals surface area contributed by atoms with Crippen molar-refractivity contribution in [1.29, 1.82) is 0 Å². The van der Waals surface area contributed by atoms with Crippen molar-refractivity contribution in [3.8, 4) is 11.1 Å². The van der Waals surface area contributed by atoms with E-state index in [1.54, 1.807) is 6.07 Å². The number of hydrogen-bond acceptors (Lipinski definition) is 2. The second-order valence-corrected chi connectivity index (χ2v) is 31.4. The number of rotatable bonds is 3. The molecular weight excluding hydrogens is 923 g/mol. The van der Waals surface area contributed by atoms with Crippen molar-refractivity contribution in [3.63, 3.8) is 0 Å². The molecule has 6 aliphatic rings. The second-order valence-electron chi connectivity index (χ2n) is 31.4. The number of fused-ring (bicyclic) bond motifs is 8. The number of hydrogen-bond donors (Lipinski definition) is 0. The topological polar surface area (TPSA) is 6.48 Å². The van der Waals surface area contributed by atoms with Crippen LogP contribution < -0.4 is 26.2 Å². The van der Waals surface area contributed by atoms with Gasteiger partial charge in [0.1, 0.15) is 5.82 Å². The molecule has 0 aromatic heterocycles. The molecule has 0 amide bonds. The van der Waals surface area contributed by atoms with Gasteiger partial charge in [0.15, 0.2) is 0 Å². The van der Waals surface area contributed by atoms with E-state index in [0.29, 0.717) is 5.56 Å². The Kier molecular flexibility index (Phi) is 10.9. The minimum absolute atomic E-state index is 0.00904. The molecule has 6 aromatic carbocycles. The lowest BCUT2D eigenvalue weighted by Gasteiger charge is -2.50. The molecule has 4 heteroatoms. The summed E-state index contributed by atoms with van der Waals surface area (Å²) in [5.74, 6) is -0.181. The van der Waals surface area contributed by atoms with Crippen molar-refractivity contribution in [3.05, 3.63) is 147 Å². The van der Waals surface area contributed by atoms with Crippen LogP contribution in [0.25, 0.3) is 11.1 Å². The smallest absolute Gasteiger partial charge is 0.252 e. The molecule has 0 atom stereocenters. The first-order chi connectivity index (χ1) is 35.2. The molecule has 396 valence electrons. The van der Waals surface area contributed by atoms with Crippen molar-refractivity contribution < 1.29 is 4.39 Å². The third kappa shape index (κ3) is 7.57. The SMILES string of the molecule is CC(C)(C)c1cc2c3c(c1)N(c1cc4c(cc1-c1ccccc1F)C(C)(C)CCC4(C)C)c1cc4c(cc1B3c1cc3c(cc1N2c1ccc2c(c1)C(C)(C)CCC2(C)C)C(C)(C)CCC3(C)C)C(C)(C)CCC4(C)C. The van der Waals surface area contributed by atoms with E-state index in [9.17, 15) is 0 Å². The molecule has 2 nitrogen and oxygen atoms in total. The highest BCUT2D eigenvalue weighted by molar-refractivity contribution is 7.00. The van der Waals surface area contributed by atoms with Gasteiger partial charge < -0.3 is 9.80 Å². The van der Waals surface area contributed by atoms with Crippen molar-refractivity contribution in [2.45, 2.75) is 232 Å². The summed E-state index contributed by atoms with van der Waals surface area (Å²) >= 11 is 0. The van der Waals surface area contributed by atoms with Crippen LogP contribution in [0.4, 0.5) is 38.5 Å². The average Bonchev–Trinajstić information content (AvgIpc) is 3.34. The minimum Gasteiger partial charge on any atom is -0.311 e. The Hall–Kier alpha value is -5.09. The van der Waals surface area contributed by atoms with Gasteiger partial charge >= 0.3 is 0 Å². The highest BCUT2D eigenvalue weighted by Crippen LogP contribution is 2.57. The minimum atomic E-state index is -0.194. The third-order valence-corrected chi connectivity index (χ3v) is 21.3. The van der Waals surface area contributed by atoms with Gasteiger partial charge in [0.25, 0.3) is 6.71 Å². The lowest BCUT2D eigenvalue weighted by atomic mass is 9.32. The van der Waals surface area contributed by atoms with Gasteiger partial charge in [0.2, 0.25) is 0 Å². The Morgan fingerprint density at radius 2 is 0.737 bits per heavy atom. The molecule has 4 aliphatic carbocycles. The van der Waals surface area contributed by atoms with E-state index in [0.717, 1.165) is 56.2 Å². The van der Waals surface area contributed by atoms with Crippen molar-refractivity contribution in [2.75, 3.05) is 9.80 Å². The fraction of sp³-hybridized carbons (Fsp3) is 0.500. The highest BCUT2D eigenvalue weighted by Gasteiger charge is 2.50.